The Morgan fingerprint density at radius 3 is 2.56 bits per heavy atom. The monoisotopic (exact) mass is 344 g/mol. The lowest BCUT2D eigenvalue weighted by molar-refractivity contribution is -0.141. The van der Waals surface area contributed by atoms with Gasteiger partial charge in [-0.3, -0.25) is 9.59 Å². The molecule has 0 radical (unpaired) electrons. The van der Waals surface area contributed by atoms with Crippen molar-refractivity contribution in [2.45, 2.75) is 44.9 Å². The van der Waals surface area contributed by atoms with Gasteiger partial charge in [0.05, 0.1) is 0 Å². The van der Waals surface area contributed by atoms with E-state index >= 15 is 0 Å². The van der Waals surface area contributed by atoms with Crippen LogP contribution in [0.2, 0.25) is 0 Å². The Labute approximate surface area is 144 Å². The summed E-state index contributed by atoms with van der Waals surface area (Å²) in [7, 11) is 0. The summed E-state index contributed by atoms with van der Waals surface area (Å²) in [5.41, 5.74) is -2.19. The number of Topliss-reactive ketones (excluding diaryl/α,β-unsaturated/α-hetero) is 1. The van der Waals surface area contributed by atoms with Crippen LogP contribution < -0.4 is 10.3 Å². The maximum atomic E-state index is 12.4. The van der Waals surface area contributed by atoms with Gasteiger partial charge in [-0.1, -0.05) is 0 Å². The molecule has 1 aliphatic heterocycles. The molecule has 2 aromatic rings. The van der Waals surface area contributed by atoms with Gasteiger partial charge in [-0.25, -0.2) is 4.68 Å². The largest absolute Gasteiger partial charge is 0.492 e. The topological polar surface area (TPSA) is 102 Å². The van der Waals surface area contributed by atoms with Crippen LogP contribution in [-0.4, -0.2) is 37.0 Å². The number of ketones is 1. The molecule has 2 N–H and O–H groups in total. The summed E-state index contributed by atoms with van der Waals surface area (Å²) >= 11 is 0. The van der Waals surface area contributed by atoms with Crippen LogP contribution in [0, 0.1) is 0 Å². The Bertz CT molecular complexity index is 914. The molecule has 0 bridgehead atoms. The van der Waals surface area contributed by atoms with Gasteiger partial charge >= 0.3 is 0 Å². The molecule has 25 heavy (non-hydrogen) atoms. The van der Waals surface area contributed by atoms with Crippen LogP contribution in [0.1, 0.15) is 49.7 Å². The van der Waals surface area contributed by atoms with Crippen LogP contribution in [0.3, 0.4) is 0 Å². The molecule has 0 amide bonds. The summed E-state index contributed by atoms with van der Waals surface area (Å²) in [5.74, 6) is -0.0465. The second-order valence-electron chi connectivity index (χ2n) is 6.95. The third kappa shape index (κ3) is 2.60. The first-order valence-corrected chi connectivity index (χ1v) is 7.90. The number of ether oxygens (including phenoxy) is 1. The highest BCUT2D eigenvalue weighted by atomic mass is 16.5. The third-order valence-electron chi connectivity index (χ3n) is 4.88. The fraction of sp³-hybridized carbons (Fsp3) is 0.389. The normalized spacial score (nSPS) is 24.3. The Kier molecular flexibility index (Phi) is 3.72. The van der Waals surface area contributed by atoms with Crippen LogP contribution >= 0.6 is 0 Å². The van der Waals surface area contributed by atoms with E-state index in [-0.39, 0.29) is 11.7 Å². The highest BCUT2D eigenvalue weighted by molar-refractivity contribution is 5.94. The summed E-state index contributed by atoms with van der Waals surface area (Å²) in [6, 6.07) is 6.28. The number of rotatable bonds is 2. The summed E-state index contributed by atoms with van der Waals surface area (Å²) in [6.45, 7) is 6.38. The lowest BCUT2D eigenvalue weighted by Crippen LogP contribution is -2.61. The van der Waals surface area contributed by atoms with E-state index in [0.717, 1.165) is 4.68 Å². The first kappa shape index (κ1) is 17.2. The molecule has 7 heteroatoms. The number of aliphatic hydroxyl groups is 1. The van der Waals surface area contributed by atoms with Crippen molar-refractivity contribution >= 4 is 5.78 Å². The Morgan fingerprint density at radius 2 is 1.92 bits per heavy atom. The number of aromatic hydroxyl groups is 1. The summed E-state index contributed by atoms with van der Waals surface area (Å²) in [6.07, 6.45) is 0. The van der Waals surface area contributed by atoms with Crippen LogP contribution in [0.5, 0.6) is 11.6 Å². The van der Waals surface area contributed by atoms with Crippen molar-refractivity contribution in [3.8, 4) is 11.6 Å². The molecule has 0 saturated heterocycles. The number of fused-ring (bicyclic) bond motifs is 1. The SMILES string of the molecule is CC(=O)c1ccc2c(c1)C(n1nc(O)ccc1=O)C(C)(O)C(C)(C)O2. The lowest BCUT2D eigenvalue weighted by Gasteiger charge is -2.49. The smallest absolute Gasteiger partial charge is 0.267 e. The van der Waals surface area contributed by atoms with Gasteiger partial charge in [0.25, 0.3) is 5.56 Å². The standard InChI is InChI=1S/C18H20N2O5/c1-10(21)11-5-6-13-12(9-11)16(18(4,24)17(2,3)25-13)20-15(23)8-7-14(22)19-20/h5-9,16,24H,1-4H3,(H,19,22). The van der Waals surface area contributed by atoms with Gasteiger partial charge in [-0.15, -0.1) is 5.10 Å². The molecule has 2 heterocycles. The predicted molar refractivity (Wildman–Crippen MR) is 90.1 cm³/mol. The molecular weight excluding hydrogens is 324 g/mol. The Balaban J connectivity index is 2.34. The van der Waals surface area contributed by atoms with Gasteiger partial charge in [0, 0.05) is 23.3 Å². The fourth-order valence-electron chi connectivity index (χ4n) is 3.05. The molecule has 2 unspecified atom stereocenters. The maximum Gasteiger partial charge on any atom is 0.267 e. The van der Waals surface area contributed by atoms with E-state index in [1.165, 1.54) is 19.1 Å². The highest BCUT2D eigenvalue weighted by Crippen LogP contribution is 2.47. The van der Waals surface area contributed by atoms with E-state index in [9.17, 15) is 19.8 Å². The second-order valence-corrected chi connectivity index (χ2v) is 6.95. The number of hydrogen-bond acceptors (Lipinski definition) is 6. The van der Waals surface area contributed by atoms with Crippen LogP contribution in [0.4, 0.5) is 0 Å². The van der Waals surface area contributed by atoms with Gasteiger partial charge in [-0.05, 0) is 45.9 Å². The zero-order chi connectivity index (χ0) is 18.6. The number of hydrogen-bond donors (Lipinski definition) is 2. The lowest BCUT2D eigenvalue weighted by atomic mass is 9.75. The third-order valence-corrected chi connectivity index (χ3v) is 4.88. The van der Waals surface area contributed by atoms with E-state index in [1.807, 2.05) is 0 Å². The molecule has 0 spiro atoms. The molecule has 1 aromatic carbocycles. The Hall–Kier alpha value is -2.67. The van der Waals surface area contributed by atoms with Crippen molar-refractivity contribution in [2.75, 3.05) is 0 Å². The van der Waals surface area contributed by atoms with Crippen molar-refractivity contribution in [3.63, 3.8) is 0 Å². The number of carbonyl (C=O) groups excluding carboxylic acids is 1. The number of carbonyl (C=O) groups is 1. The van der Waals surface area contributed by atoms with Crippen molar-refractivity contribution < 1.29 is 19.7 Å². The molecule has 3 rings (SSSR count). The van der Waals surface area contributed by atoms with Gasteiger partial charge in [0.15, 0.2) is 5.78 Å². The quantitative estimate of drug-likeness (QED) is 0.804. The summed E-state index contributed by atoms with van der Waals surface area (Å²) < 4.78 is 6.95. The van der Waals surface area contributed by atoms with Gasteiger partial charge < -0.3 is 14.9 Å². The van der Waals surface area contributed by atoms with E-state index in [4.69, 9.17) is 4.74 Å². The summed E-state index contributed by atoms with van der Waals surface area (Å²) in [4.78, 5) is 24.1. The van der Waals surface area contributed by atoms with Gasteiger partial charge in [0.2, 0.25) is 5.88 Å². The molecule has 7 nitrogen and oxygen atoms in total. The number of benzene rings is 1. The molecule has 0 saturated carbocycles. The minimum absolute atomic E-state index is 0.151. The molecule has 132 valence electrons. The highest BCUT2D eigenvalue weighted by Gasteiger charge is 2.54. The zero-order valence-electron chi connectivity index (χ0n) is 14.5. The predicted octanol–water partition coefficient (Wildman–Crippen LogP) is 1.66. The maximum absolute atomic E-state index is 12.4. The van der Waals surface area contributed by atoms with Crippen molar-refractivity contribution in [1.29, 1.82) is 0 Å². The minimum atomic E-state index is -1.54. The number of aromatic nitrogens is 2. The van der Waals surface area contributed by atoms with Crippen LogP contribution in [0.15, 0.2) is 35.1 Å². The first-order chi connectivity index (χ1) is 11.5. The molecule has 2 atom stereocenters. The van der Waals surface area contributed by atoms with Crippen molar-refractivity contribution in [2.24, 2.45) is 0 Å². The summed E-state index contributed by atoms with van der Waals surface area (Å²) in [5, 5.41) is 24.8. The average molecular weight is 344 g/mol. The van der Waals surface area contributed by atoms with Crippen molar-refractivity contribution in [1.82, 2.24) is 9.78 Å². The van der Waals surface area contributed by atoms with Gasteiger partial charge in [-0.2, -0.15) is 0 Å². The molecular formula is C18H20N2O5. The molecule has 1 aliphatic rings. The average Bonchev–Trinajstić information content (AvgIpc) is 2.50. The molecule has 0 aliphatic carbocycles. The second kappa shape index (κ2) is 5.42. The Morgan fingerprint density at radius 1 is 1.24 bits per heavy atom. The van der Waals surface area contributed by atoms with E-state index in [1.54, 1.807) is 39.0 Å². The van der Waals surface area contributed by atoms with Crippen LogP contribution in [-0.2, 0) is 0 Å². The molecule has 0 fully saturated rings. The number of nitrogens with zero attached hydrogens (tertiary/aromatic N) is 2. The van der Waals surface area contributed by atoms with Crippen molar-refractivity contribution in [3.05, 3.63) is 51.8 Å². The zero-order valence-corrected chi connectivity index (χ0v) is 14.5. The van der Waals surface area contributed by atoms with Crippen LogP contribution in [0.25, 0.3) is 0 Å². The van der Waals surface area contributed by atoms with E-state index < -0.39 is 22.8 Å². The van der Waals surface area contributed by atoms with E-state index in [2.05, 4.69) is 5.10 Å². The molecule has 1 aromatic heterocycles. The minimum Gasteiger partial charge on any atom is -0.492 e. The van der Waals surface area contributed by atoms with E-state index in [0.29, 0.717) is 16.9 Å². The van der Waals surface area contributed by atoms with Gasteiger partial charge in [0.1, 0.15) is 23.0 Å². The fourth-order valence-corrected chi connectivity index (χ4v) is 3.05. The first-order valence-electron chi connectivity index (χ1n) is 7.90.